The van der Waals surface area contributed by atoms with Crippen LogP contribution in [-0.2, 0) is 10.0 Å². The van der Waals surface area contributed by atoms with E-state index in [9.17, 15) is 18.3 Å². The average molecular weight is 595 g/mol. The Hall–Kier alpha value is -3.89. The van der Waals surface area contributed by atoms with Gasteiger partial charge < -0.3 is 15.3 Å². The molecule has 220 valence electrons. The van der Waals surface area contributed by atoms with Crippen molar-refractivity contribution in [2.75, 3.05) is 37.6 Å². The first-order valence-electron chi connectivity index (χ1n) is 14.8. The van der Waals surface area contributed by atoms with Gasteiger partial charge >= 0.3 is 0 Å². The second-order valence-corrected chi connectivity index (χ2v) is 13.6. The van der Waals surface area contributed by atoms with Gasteiger partial charge in [-0.3, -0.25) is 4.79 Å². The van der Waals surface area contributed by atoms with Crippen molar-refractivity contribution < 1.29 is 18.3 Å². The highest BCUT2D eigenvalue weighted by atomic mass is 32.2. The van der Waals surface area contributed by atoms with Crippen LogP contribution in [0.25, 0.3) is 21.9 Å². The minimum atomic E-state index is -3.67. The molecule has 0 aliphatic carbocycles. The zero-order valence-corrected chi connectivity index (χ0v) is 25.1. The Morgan fingerprint density at radius 2 is 1.70 bits per heavy atom. The summed E-state index contributed by atoms with van der Waals surface area (Å²) in [5.41, 5.74) is 3.94. The molecule has 2 fully saturated rings. The molecule has 8 nitrogen and oxygen atoms in total. The van der Waals surface area contributed by atoms with E-state index in [0.717, 1.165) is 46.3 Å². The highest BCUT2D eigenvalue weighted by Crippen LogP contribution is 2.44. The van der Waals surface area contributed by atoms with Gasteiger partial charge in [0.2, 0.25) is 15.8 Å². The third kappa shape index (κ3) is 4.41. The number of ketones is 1. The van der Waals surface area contributed by atoms with Crippen LogP contribution in [0.3, 0.4) is 0 Å². The Balaban J connectivity index is 1.33. The highest BCUT2D eigenvalue weighted by Gasteiger charge is 2.52. The fraction of sp³-hybridized carbons (Fsp3) is 0.294. The van der Waals surface area contributed by atoms with Gasteiger partial charge in [0.25, 0.3) is 0 Å². The van der Waals surface area contributed by atoms with Crippen molar-refractivity contribution in [1.82, 2.24) is 9.62 Å². The van der Waals surface area contributed by atoms with Gasteiger partial charge in [-0.25, -0.2) is 13.4 Å². The molecule has 0 saturated carbocycles. The molecule has 1 unspecified atom stereocenters. The number of nitrogens with zero attached hydrogens (tertiary/aromatic N) is 3. The Morgan fingerprint density at radius 3 is 2.56 bits per heavy atom. The summed E-state index contributed by atoms with van der Waals surface area (Å²) in [6.45, 7) is 6.76. The van der Waals surface area contributed by atoms with Crippen molar-refractivity contribution in [2.45, 2.75) is 37.2 Å². The lowest BCUT2D eigenvalue weighted by Gasteiger charge is -2.31. The molecule has 1 atom stereocenters. The number of amidine groups is 1. The molecule has 4 aromatic carbocycles. The smallest absolute Gasteiger partial charge is 0.243 e. The number of aliphatic imine (C=N–C) groups is 1. The van der Waals surface area contributed by atoms with E-state index in [-0.39, 0.29) is 12.2 Å². The van der Waals surface area contributed by atoms with E-state index in [2.05, 4.69) is 5.32 Å². The van der Waals surface area contributed by atoms with Gasteiger partial charge in [0, 0.05) is 49.1 Å². The van der Waals surface area contributed by atoms with Crippen molar-refractivity contribution in [3.05, 3.63) is 89.5 Å². The number of Topliss-reactive ketones (excluding diaryl/α,β-unsaturated/α-hetero) is 1. The normalized spacial score (nSPS) is 21.0. The second-order valence-electron chi connectivity index (χ2n) is 11.7. The van der Waals surface area contributed by atoms with Gasteiger partial charge in [-0.2, -0.15) is 4.31 Å². The number of rotatable bonds is 4. The Kier molecular flexibility index (Phi) is 6.74. The molecule has 0 aromatic heterocycles. The minimum Gasteiger partial charge on any atom is -0.374 e. The van der Waals surface area contributed by atoms with E-state index >= 15 is 0 Å². The van der Waals surface area contributed by atoms with Crippen molar-refractivity contribution in [1.29, 1.82) is 0 Å². The molecule has 43 heavy (non-hydrogen) atoms. The lowest BCUT2D eigenvalue weighted by Crippen LogP contribution is -2.48. The largest absolute Gasteiger partial charge is 0.374 e. The van der Waals surface area contributed by atoms with Crippen molar-refractivity contribution in [2.24, 2.45) is 4.99 Å². The number of carbonyl (C=O) groups excluding carboxylic acids is 1. The van der Waals surface area contributed by atoms with E-state index in [1.54, 1.807) is 16.4 Å². The third-order valence-corrected chi connectivity index (χ3v) is 11.0. The molecule has 3 heterocycles. The first-order chi connectivity index (χ1) is 20.7. The second kappa shape index (κ2) is 10.4. The van der Waals surface area contributed by atoms with Crippen molar-refractivity contribution in [3.63, 3.8) is 0 Å². The zero-order chi connectivity index (χ0) is 29.9. The molecule has 0 spiro atoms. The zero-order valence-electron chi connectivity index (χ0n) is 24.3. The number of anilines is 1. The number of nitrogens with one attached hydrogen (secondary N) is 1. The number of para-hydroxylation sites is 1. The number of hydrogen-bond acceptors (Lipinski definition) is 7. The highest BCUT2D eigenvalue weighted by molar-refractivity contribution is 7.89. The monoisotopic (exact) mass is 594 g/mol. The van der Waals surface area contributed by atoms with Gasteiger partial charge in [-0.05, 0) is 67.6 Å². The predicted molar refractivity (Wildman–Crippen MR) is 170 cm³/mol. The van der Waals surface area contributed by atoms with Crippen LogP contribution in [0.15, 0.2) is 82.7 Å². The maximum atomic E-state index is 13.8. The lowest BCUT2D eigenvalue weighted by atomic mass is 9.87. The standard InChI is InChI=1S/C34H34N4O4S/c1-22-11-14-29-28(21-22)32(39)34(40)15-19-38(33(34)36-29)30-9-4-3-7-26(30)25-12-13-27-24(23(25)2)8-5-10-31(27)43(41,42)37-18-6-16-35-17-20-37/h3-5,7-14,21,35,40H,6,15-20H2,1-2H3. The molecule has 2 saturated heterocycles. The molecule has 0 radical (unpaired) electrons. The van der Waals surface area contributed by atoms with E-state index < -0.39 is 15.6 Å². The van der Waals surface area contributed by atoms with Crippen LogP contribution < -0.4 is 10.2 Å². The maximum Gasteiger partial charge on any atom is 0.243 e. The van der Waals surface area contributed by atoms with Crippen LogP contribution >= 0.6 is 0 Å². The molecule has 4 aromatic rings. The average Bonchev–Trinajstić information content (AvgIpc) is 3.16. The fourth-order valence-corrected chi connectivity index (χ4v) is 8.40. The fourth-order valence-electron chi connectivity index (χ4n) is 6.72. The van der Waals surface area contributed by atoms with Gasteiger partial charge in [-0.15, -0.1) is 0 Å². The summed E-state index contributed by atoms with van der Waals surface area (Å²) in [6, 6.07) is 22.8. The number of carbonyl (C=O) groups is 1. The molecule has 2 N–H and O–H groups in total. The quantitative estimate of drug-likeness (QED) is 0.346. The predicted octanol–water partition coefficient (Wildman–Crippen LogP) is 4.98. The SMILES string of the molecule is Cc1ccc2c(c1)C(=O)C1(O)CCN(c3ccccc3-c3ccc4c(S(=O)(=O)N5CCCNCC5)cccc4c3C)C1=N2. The molecule has 0 bridgehead atoms. The first-order valence-corrected chi connectivity index (χ1v) is 16.2. The first kappa shape index (κ1) is 27.9. The van der Waals surface area contributed by atoms with Crippen LogP contribution in [0.1, 0.15) is 34.3 Å². The van der Waals surface area contributed by atoms with Crippen LogP contribution in [-0.4, -0.2) is 67.8 Å². The van der Waals surface area contributed by atoms with Crippen LogP contribution in [0.5, 0.6) is 0 Å². The molecule has 3 aliphatic rings. The number of aliphatic hydroxyl groups is 1. The molecular formula is C34H34N4O4S. The summed E-state index contributed by atoms with van der Waals surface area (Å²) in [7, 11) is -3.67. The summed E-state index contributed by atoms with van der Waals surface area (Å²) in [4.78, 5) is 20.6. The molecule has 3 aliphatic heterocycles. The van der Waals surface area contributed by atoms with E-state index in [0.29, 0.717) is 53.5 Å². The molecule has 0 amide bonds. The number of benzene rings is 4. The van der Waals surface area contributed by atoms with E-state index in [1.165, 1.54) is 0 Å². The molecule has 9 heteroatoms. The topological polar surface area (TPSA) is 102 Å². The Morgan fingerprint density at radius 1 is 0.860 bits per heavy atom. The van der Waals surface area contributed by atoms with Crippen LogP contribution in [0.4, 0.5) is 11.4 Å². The van der Waals surface area contributed by atoms with Gasteiger partial charge in [-0.1, -0.05) is 54.1 Å². The number of aryl methyl sites for hydroxylation is 2. The van der Waals surface area contributed by atoms with E-state index in [4.69, 9.17) is 4.99 Å². The molecule has 7 rings (SSSR count). The summed E-state index contributed by atoms with van der Waals surface area (Å²) >= 11 is 0. The number of sulfonamides is 1. The number of fused-ring (bicyclic) bond motifs is 3. The molecular weight excluding hydrogens is 560 g/mol. The third-order valence-electron chi connectivity index (χ3n) is 9.01. The van der Waals surface area contributed by atoms with Crippen LogP contribution in [0.2, 0.25) is 0 Å². The minimum absolute atomic E-state index is 0.246. The van der Waals surface area contributed by atoms with Crippen molar-refractivity contribution >= 4 is 43.8 Å². The summed E-state index contributed by atoms with van der Waals surface area (Å²) in [5, 5.41) is 16.5. The summed E-state index contributed by atoms with van der Waals surface area (Å²) < 4.78 is 29.1. The summed E-state index contributed by atoms with van der Waals surface area (Å²) in [6.07, 6.45) is 1.02. The van der Waals surface area contributed by atoms with Gasteiger partial charge in [0.05, 0.1) is 16.3 Å². The number of hydrogen-bond donors (Lipinski definition) is 2. The Labute approximate surface area is 251 Å². The van der Waals surface area contributed by atoms with Crippen molar-refractivity contribution in [3.8, 4) is 11.1 Å². The van der Waals surface area contributed by atoms with Gasteiger partial charge in [0.15, 0.2) is 5.60 Å². The summed E-state index contributed by atoms with van der Waals surface area (Å²) in [5.74, 6) is 0.0343. The van der Waals surface area contributed by atoms with E-state index in [1.807, 2.05) is 79.4 Å². The maximum absolute atomic E-state index is 13.8. The van der Waals surface area contributed by atoms with Gasteiger partial charge in [0.1, 0.15) is 5.84 Å². The lowest BCUT2D eigenvalue weighted by molar-refractivity contribution is 0.0602. The Bertz CT molecular complexity index is 1930. The van der Waals surface area contributed by atoms with Crippen LogP contribution in [0, 0.1) is 13.8 Å².